The molecule has 0 aromatic heterocycles. The number of rotatable bonds is 5. The van der Waals surface area contributed by atoms with E-state index in [4.69, 9.17) is 4.74 Å². The van der Waals surface area contributed by atoms with Crippen LogP contribution >= 0.6 is 0 Å². The summed E-state index contributed by atoms with van der Waals surface area (Å²) in [4.78, 5) is 14.9. The zero-order valence-corrected chi connectivity index (χ0v) is 16.1. The van der Waals surface area contributed by atoms with Gasteiger partial charge in [-0.05, 0) is 54.5 Å². The van der Waals surface area contributed by atoms with Crippen molar-refractivity contribution in [3.8, 4) is 11.5 Å². The molecule has 0 spiro atoms. The average molecular weight is 383 g/mol. The van der Waals surface area contributed by atoms with Gasteiger partial charge in [-0.3, -0.25) is 9.69 Å². The topological polar surface area (TPSA) is 49.8 Å². The Morgan fingerprint density at radius 2 is 1.72 bits per heavy atom. The van der Waals surface area contributed by atoms with Crippen LogP contribution in [0, 0.1) is 0 Å². The zero-order chi connectivity index (χ0) is 20.2. The summed E-state index contributed by atoms with van der Waals surface area (Å²) in [5.74, 6) is 0.782. The fourth-order valence-electron chi connectivity index (χ4n) is 3.33. The highest BCUT2D eigenvalue weighted by atomic mass is 16.5. The Morgan fingerprint density at radius 1 is 0.966 bits per heavy atom. The van der Waals surface area contributed by atoms with Crippen LogP contribution in [0.3, 0.4) is 0 Å². The number of hydrogen-bond donors (Lipinski definition) is 1. The van der Waals surface area contributed by atoms with E-state index in [9.17, 15) is 9.90 Å². The van der Waals surface area contributed by atoms with Crippen molar-refractivity contribution in [3.63, 3.8) is 0 Å². The van der Waals surface area contributed by atoms with Crippen LogP contribution in [0.4, 0.5) is 5.69 Å². The second-order valence-corrected chi connectivity index (χ2v) is 6.66. The van der Waals surface area contributed by atoms with Gasteiger partial charge in [0.05, 0.1) is 18.0 Å². The summed E-state index contributed by atoms with van der Waals surface area (Å²) in [7, 11) is 0. The number of anilines is 1. The highest BCUT2D eigenvalue weighted by Gasteiger charge is 2.30. The van der Waals surface area contributed by atoms with E-state index in [1.54, 1.807) is 23.1 Å². The van der Waals surface area contributed by atoms with E-state index in [-0.39, 0.29) is 11.7 Å². The zero-order valence-electron chi connectivity index (χ0n) is 16.1. The molecule has 4 nitrogen and oxygen atoms in total. The van der Waals surface area contributed by atoms with E-state index in [1.807, 2.05) is 79.7 Å². The first-order valence-corrected chi connectivity index (χ1v) is 9.51. The summed E-state index contributed by atoms with van der Waals surface area (Å²) in [5.41, 5.74) is 3.83. The summed E-state index contributed by atoms with van der Waals surface area (Å²) in [6.45, 7) is 2.56. The Hall–Kier alpha value is -3.79. The first-order chi connectivity index (χ1) is 14.2. The smallest absolute Gasteiger partial charge is 0.262 e. The lowest BCUT2D eigenvalue weighted by Crippen LogP contribution is -2.24. The predicted molar refractivity (Wildman–Crippen MR) is 116 cm³/mol. The SMILES string of the molecule is CCOc1ccc(/C=C2\C=C(c3ccccc3)N(c3cccc(O)c3)C2=O)cc1. The predicted octanol–water partition coefficient (Wildman–Crippen LogP) is 5.26. The third kappa shape index (κ3) is 3.92. The second kappa shape index (κ2) is 8.07. The maximum atomic E-state index is 13.3. The standard InChI is InChI=1S/C25H21NO3/c1-2-29-23-13-11-18(12-14-23)15-20-16-24(19-7-4-3-5-8-19)26(25(20)28)21-9-6-10-22(27)17-21/h3-17,27H,2H2,1H3/b20-15+. The van der Waals surface area contributed by atoms with Crippen molar-refractivity contribution in [2.75, 3.05) is 11.5 Å². The van der Waals surface area contributed by atoms with Gasteiger partial charge in [-0.15, -0.1) is 0 Å². The Labute approximate surface area is 170 Å². The lowest BCUT2D eigenvalue weighted by atomic mass is 10.1. The molecule has 144 valence electrons. The van der Waals surface area contributed by atoms with Crippen LogP contribution in [0.5, 0.6) is 11.5 Å². The molecule has 29 heavy (non-hydrogen) atoms. The van der Waals surface area contributed by atoms with Gasteiger partial charge in [-0.1, -0.05) is 48.5 Å². The number of nitrogens with zero attached hydrogens (tertiary/aromatic N) is 1. The van der Waals surface area contributed by atoms with Crippen LogP contribution in [0.25, 0.3) is 11.8 Å². The van der Waals surface area contributed by atoms with E-state index in [1.165, 1.54) is 0 Å². The highest BCUT2D eigenvalue weighted by molar-refractivity contribution is 6.23. The van der Waals surface area contributed by atoms with Crippen LogP contribution in [-0.4, -0.2) is 17.6 Å². The Kier molecular flexibility index (Phi) is 5.16. The summed E-state index contributed by atoms with van der Waals surface area (Å²) < 4.78 is 5.48. The van der Waals surface area contributed by atoms with Gasteiger partial charge in [-0.25, -0.2) is 0 Å². The minimum atomic E-state index is -0.136. The molecule has 1 amide bonds. The third-order valence-corrected chi connectivity index (χ3v) is 4.65. The van der Waals surface area contributed by atoms with Crippen molar-refractivity contribution in [2.45, 2.75) is 6.92 Å². The molecule has 0 unspecified atom stereocenters. The van der Waals surface area contributed by atoms with Gasteiger partial charge in [0.25, 0.3) is 5.91 Å². The molecular weight excluding hydrogens is 362 g/mol. The van der Waals surface area contributed by atoms with E-state index < -0.39 is 0 Å². The Bertz CT molecular complexity index is 1080. The van der Waals surface area contributed by atoms with Gasteiger partial charge in [0.15, 0.2) is 0 Å². The molecule has 4 rings (SSSR count). The molecule has 0 aliphatic carbocycles. The maximum absolute atomic E-state index is 13.3. The number of hydrogen-bond acceptors (Lipinski definition) is 3. The van der Waals surface area contributed by atoms with E-state index >= 15 is 0 Å². The summed E-state index contributed by atoms with van der Waals surface area (Å²) in [6.07, 6.45) is 3.75. The Morgan fingerprint density at radius 3 is 2.41 bits per heavy atom. The van der Waals surface area contributed by atoms with Crippen molar-refractivity contribution in [3.05, 3.63) is 102 Å². The van der Waals surface area contributed by atoms with Crippen molar-refractivity contribution in [1.29, 1.82) is 0 Å². The van der Waals surface area contributed by atoms with Gasteiger partial charge in [0.1, 0.15) is 11.5 Å². The molecule has 0 bridgehead atoms. The van der Waals surface area contributed by atoms with Crippen LogP contribution in [0.2, 0.25) is 0 Å². The van der Waals surface area contributed by atoms with Crippen LogP contribution < -0.4 is 9.64 Å². The number of carbonyl (C=O) groups is 1. The summed E-state index contributed by atoms with van der Waals surface area (Å²) in [6, 6.07) is 24.1. The van der Waals surface area contributed by atoms with Crippen molar-refractivity contribution in [2.24, 2.45) is 0 Å². The lowest BCUT2D eigenvalue weighted by Gasteiger charge is -2.21. The molecule has 1 N–H and O–H groups in total. The number of phenolic OH excluding ortho intramolecular Hbond substituents is 1. The molecule has 3 aromatic carbocycles. The quantitative estimate of drug-likeness (QED) is 0.611. The number of benzene rings is 3. The van der Waals surface area contributed by atoms with E-state index in [2.05, 4.69) is 0 Å². The number of phenols is 1. The largest absolute Gasteiger partial charge is 0.508 e. The van der Waals surface area contributed by atoms with Crippen molar-refractivity contribution in [1.82, 2.24) is 0 Å². The molecule has 4 heteroatoms. The van der Waals surface area contributed by atoms with Crippen molar-refractivity contribution < 1.29 is 14.6 Å². The van der Waals surface area contributed by atoms with Crippen LogP contribution in [0.15, 0.2) is 90.5 Å². The highest BCUT2D eigenvalue weighted by Crippen LogP contribution is 2.36. The average Bonchev–Trinajstić information content (AvgIpc) is 3.06. The van der Waals surface area contributed by atoms with Crippen molar-refractivity contribution >= 4 is 23.4 Å². The summed E-state index contributed by atoms with van der Waals surface area (Å²) in [5, 5.41) is 9.90. The lowest BCUT2D eigenvalue weighted by molar-refractivity contribution is -0.113. The fourth-order valence-corrected chi connectivity index (χ4v) is 3.33. The molecule has 0 saturated heterocycles. The van der Waals surface area contributed by atoms with Gasteiger partial charge in [0, 0.05) is 11.6 Å². The minimum Gasteiger partial charge on any atom is -0.508 e. The molecule has 0 saturated carbocycles. The molecule has 0 fully saturated rings. The van der Waals surface area contributed by atoms with Gasteiger partial charge >= 0.3 is 0 Å². The first kappa shape index (κ1) is 18.6. The monoisotopic (exact) mass is 383 g/mol. The number of ether oxygens (including phenoxy) is 1. The molecule has 0 radical (unpaired) electrons. The third-order valence-electron chi connectivity index (χ3n) is 4.65. The molecule has 1 heterocycles. The van der Waals surface area contributed by atoms with E-state index in [0.717, 1.165) is 22.6 Å². The number of aromatic hydroxyl groups is 1. The molecule has 3 aromatic rings. The minimum absolute atomic E-state index is 0.117. The maximum Gasteiger partial charge on any atom is 0.262 e. The molecule has 0 atom stereocenters. The van der Waals surface area contributed by atoms with Gasteiger partial charge < -0.3 is 9.84 Å². The van der Waals surface area contributed by atoms with Crippen LogP contribution in [-0.2, 0) is 4.79 Å². The van der Waals surface area contributed by atoms with Crippen LogP contribution in [0.1, 0.15) is 18.1 Å². The molecule has 1 aliphatic rings. The van der Waals surface area contributed by atoms with E-state index in [0.29, 0.717) is 17.9 Å². The number of carbonyl (C=O) groups excluding carboxylic acids is 1. The molecular formula is C25H21NO3. The Balaban J connectivity index is 1.75. The fraction of sp³-hybridized carbons (Fsp3) is 0.0800. The second-order valence-electron chi connectivity index (χ2n) is 6.66. The normalized spacial score (nSPS) is 14.9. The van der Waals surface area contributed by atoms with Gasteiger partial charge in [0.2, 0.25) is 0 Å². The molecule has 1 aliphatic heterocycles. The summed E-state index contributed by atoms with van der Waals surface area (Å²) >= 11 is 0. The number of amides is 1. The first-order valence-electron chi connectivity index (χ1n) is 9.51. The van der Waals surface area contributed by atoms with Gasteiger partial charge in [-0.2, -0.15) is 0 Å².